The molecule has 1 saturated carbocycles. The van der Waals surface area contributed by atoms with Crippen molar-refractivity contribution in [3.63, 3.8) is 0 Å². The second kappa shape index (κ2) is 8.19. The molecule has 0 radical (unpaired) electrons. The molecule has 2 heterocycles. The number of piperidine rings is 1. The summed E-state index contributed by atoms with van der Waals surface area (Å²) >= 11 is 6.32. The van der Waals surface area contributed by atoms with Crippen molar-refractivity contribution in [3.05, 3.63) is 46.2 Å². The molecule has 2 amide bonds. The van der Waals surface area contributed by atoms with E-state index in [1.165, 1.54) is 0 Å². The minimum atomic E-state index is -0.136. The molecule has 154 valence electrons. The first kappa shape index (κ1) is 20.0. The third kappa shape index (κ3) is 4.04. The van der Waals surface area contributed by atoms with Crippen molar-refractivity contribution in [2.24, 2.45) is 5.92 Å². The highest BCUT2D eigenvalue weighted by Gasteiger charge is 2.36. The minimum absolute atomic E-state index is 0.0228. The lowest BCUT2D eigenvalue weighted by Crippen LogP contribution is -2.45. The number of likely N-dealkylation sites (tertiary alicyclic amines) is 1. The van der Waals surface area contributed by atoms with Crippen molar-refractivity contribution < 1.29 is 9.59 Å². The Bertz CT molecular complexity index is 935. The standard InChI is InChI=1S/C22H27ClN4O2/c1-3-24-21(28)16-5-4-10-26(13-16)22(29)18-12-25-27(20(18)15-7-8-15)17-9-6-14(2)19(23)11-17/h6,9,11-12,15-16H,3-5,7-8,10,13H2,1-2H3,(H,24,28). The fraction of sp³-hybridized carbons (Fsp3) is 0.500. The molecule has 2 aliphatic rings. The highest BCUT2D eigenvalue weighted by atomic mass is 35.5. The molecular formula is C22H27ClN4O2. The third-order valence-corrected chi connectivity index (χ3v) is 6.24. The van der Waals surface area contributed by atoms with Crippen molar-refractivity contribution in [3.8, 4) is 5.69 Å². The quantitative estimate of drug-likeness (QED) is 0.811. The van der Waals surface area contributed by atoms with Crippen molar-refractivity contribution in [2.75, 3.05) is 19.6 Å². The SMILES string of the molecule is CCNC(=O)C1CCCN(C(=O)c2cnn(-c3ccc(C)c(Cl)c3)c2C2CC2)C1. The number of halogens is 1. The van der Waals surface area contributed by atoms with Crippen LogP contribution in [0, 0.1) is 12.8 Å². The van der Waals surface area contributed by atoms with Crippen LogP contribution in [0.15, 0.2) is 24.4 Å². The van der Waals surface area contributed by atoms with Gasteiger partial charge in [-0.2, -0.15) is 5.10 Å². The van der Waals surface area contributed by atoms with E-state index < -0.39 is 0 Å². The highest BCUT2D eigenvalue weighted by Crippen LogP contribution is 2.43. The van der Waals surface area contributed by atoms with E-state index in [4.69, 9.17) is 11.6 Å². The van der Waals surface area contributed by atoms with Gasteiger partial charge < -0.3 is 10.2 Å². The van der Waals surface area contributed by atoms with Gasteiger partial charge in [0.1, 0.15) is 0 Å². The lowest BCUT2D eigenvalue weighted by molar-refractivity contribution is -0.126. The van der Waals surface area contributed by atoms with Crippen molar-refractivity contribution in [2.45, 2.75) is 45.4 Å². The number of nitrogens with one attached hydrogen (secondary N) is 1. The van der Waals surface area contributed by atoms with E-state index in [1.54, 1.807) is 6.20 Å². The molecule has 1 aromatic carbocycles. The Labute approximate surface area is 176 Å². The van der Waals surface area contributed by atoms with E-state index in [0.717, 1.165) is 42.6 Å². The number of amides is 2. The van der Waals surface area contributed by atoms with Crippen molar-refractivity contribution in [1.82, 2.24) is 20.0 Å². The van der Waals surface area contributed by atoms with Crippen LogP contribution in [0.25, 0.3) is 5.69 Å². The topological polar surface area (TPSA) is 67.2 Å². The molecule has 2 aromatic rings. The Kier molecular flexibility index (Phi) is 5.63. The average Bonchev–Trinajstić information content (AvgIpc) is 3.47. The molecule has 0 bridgehead atoms. The van der Waals surface area contributed by atoms with Crippen LogP contribution >= 0.6 is 11.6 Å². The normalized spacial score (nSPS) is 19.3. The van der Waals surface area contributed by atoms with Crippen LogP contribution in [0.4, 0.5) is 0 Å². The molecule has 1 aliphatic heterocycles. The number of carbonyl (C=O) groups is 2. The summed E-state index contributed by atoms with van der Waals surface area (Å²) in [5.41, 5.74) is 3.51. The fourth-order valence-corrected chi connectivity index (χ4v) is 4.23. The van der Waals surface area contributed by atoms with Gasteiger partial charge in [-0.05, 0) is 57.2 Å². The Morgan fingerprint density at radius 2 is 2.07 bits per heavy atom. The van der Waals surface area contributed by atoms with Gasteiger partial charge in [0.05, 0.1) is 29.1 Å². The maximum absolute atomic E-state index is 13.4. The summed E-state index contributed by atoms with van der Waals surface area (Å²) in [7, 11) is 0. The van der Waals surface area contributed by atoms with Gasteiger partial charge in [-0.25, -0.2) is 4.68 Å². The molecule has 1 unspecified atom stereocenters. The van der Waals surface area contributed by atoms with Crippen LogP contribution in [0.2, 0.25) is 5.02 Å². The number of nitrogens with zero attached hydrogens (tertiary/aromatic N) is 3. The summed E-state index contributed by atoms with van der Waals surface area (Å²) in [5, 5.41) is 8.12. The lowest BCUT2D eigenvalue weighted by atomic mass is 9.96. The Hall–Kier alpha value is -2.34. The zero-order valence-electron chi connectivity index (χ0n) is 16.9. The number of benzene rings is 1. The second-order valence-electron chi connectivity index (χ2n) is 8.05. The molecule has 1 aromatic heterocycles. The lowest BCUT2D eigenvalue weighted by Gasteiger charge is -2.32. The smallest absolute Gasteiger partial charge is 0.257 e. The molecule has 1 atom stereocenters. The summed E-state index contributed by atoms with van der Waals surface area (Å²) < 4.78 is 1.86. The number of hydrogen-bond donors (Lipinski definition) is 1. The van der Waals surface area contributed by atoms with Crippen LogP contribution in [-0.2, 0) is 4.79 Å². The average molecular weight is 415 g/mol. The van der Waals surface area contributed by atoms with Gasteiger partial charge in [0, 0.05) is 30.6 Å². The maximum Gasteiger partial charge on any atom is 0.257 e. The molecule has 6 nitrogen and oxygen atoms in total. The number of carbonyl (C=O) groups excluding carboxylic acids is 2. The number of rotatable bonds is 5. The number of aromatic nitrogens is 2. The molecule has 29 heavy (non-hydrogen) atoms. The molecule has 4 rings (SSSR count). The van der Waals surface area contributed by atoms with E-state index >= 15 is 0 Å². The van der Waals surface area contributed by atoms with Gasteiger partial charge in [-0.15, -0.1) is 0 Å². The van der Waals surface area contributed by atoms with Gasteiger partial charge in [0.25, 0.3) is 5.91 Å². The first-order valence-electron chi connectivity index (χ1n) is 10.4. The predicted molar refractivity (Wildman–Crippen MR) is 113 cm³/mol. The summed E-state index contributed by atoms with van der Waals surface area (Å²) in [5.74, 6) is 0.228. The number of aryl methyl sites for hydroxylation is 1. The van der Waals surface area contributed by atoms with Gasteiger partial charge in [-0.3, -0.25) is 9.59 Å². The first-order chi connectivity index (χ1) is 14.0. The fourth-order valence-electron chi connectivity index (χ4n) is 4.06. The first-order valence-corrected chi connectivity index (χ1v) is 10.8. The van der Waals surface area contributed by atoms with E-state index in [2.05, 4.69) is 10.4 Å². The molecule has 1 N–H and O–H groups in total. The second-order valence-corrected chi connectivity index (χ2v) is 8.46. The van der Waals surface area contributed by atoms with Crippen LogP contribution in [0.1, 0.15) is 60.1 Å². The third-order valence-electron chi connectivity index (χ3n) is 5.83. The van der Waals surface area contributed by atoms with Gasteiger partial charge in [0.15, 0.2) is 0 Å². The van der Waals surface area contributed by atoms with Crippen LogP contribution < -0.4 is 5.32 Å². The van der Waals surface area contributed by atoms with Gasteiger partial charge in [0.2, 0.25) is 5.91 Å². The minimum Gasteiger partial charge on any atom is -0.356 e. The summed E-state index contributed by atoms with van der Waals surface area (Å²) in [6.45, 7) is 5.64. The molecule has 0 spiro atoms. The van der Waals surface area contributed by atoms with Gasteiger partial charge in [-0.1, -0.05) is 17.7 Å². The Morgan fingerprint density at radius 1 is 1.28 bits per heavy atom. The summed E-state index contributed by atoms with van der Waals surface area (Å²) in [6, 6.07) is 5.86. The van der Waals surface area contributed by atoms with Crippen LogP contribution in [-0.4, -0.2) is 46.1 Å². The van der Waals surface area contributed by atoms with E-state index in [-0.39, 0.29) is 17.7 Å². The van der Waals surface area contributed by atoms with Crippen molar-refractivity contribution >= 4 is 23.4 Å². The molecule has 1 saturated heterocycles. The predicted octanol–water partition coefficient (Wildman–Crippen LogP) is 3.70. The maximum atomic E-state index is 13.4. The molecule has 1 aliphatic carbocycles. The largest absolute Gasteiger partial charge is 0.356 e. The summed E-state index contributed by atoms with van der Waals surface area (Å²) in [4.78, 5) is 27.4. The molecule has 2 fully saturated rings. The van der Waals surface area contributed by atoms with Gasteiger partial charge >= 0.3 is 0 Å². The van der Waals surface area contributed by atoms with E-state index in [0.29, 0.717) is 36.1 Å². The molecule has 7 heteroatoms. The van der Waals surface area contributed by atoms with Crippen molar-refractivity contribution in [1.29, 1.82) is 0 Å². The molecular weight excluding hydrogens is 388 g/mol. The van der Waals surface area contributed by atoms with E-state index in [9.17, 15) is 9.59 Å². The highest BCUT2D eigenvalue weighted by molar-refractivity contribution is 6.31. The Balaban J connectivity index is 1.61. The van der Waals surface area contributed by atoms with Crippen LogP contribution in [0.3, 0.4) is 0 Å². The van der Waals surface area contributed by atoms with Crippen LogP contribution in [0.5, 0.6) is 0 Å². The zero-order chi connectivity index (χ0) is 20.5. The number of hydrogen-bond acceptors (Lipinski definition) is 3. The summed E-state index contributed by atoms with van der Waals surface area (Å²) in [6.07, 6.45) is 5.47. The Morgan fingerprint density at radius 3 is 2.76 bits per heavy atom. The monoisotopic (exact) mass is 414 g/mol. The van der Waals surface area contributed by atoms with E-state index in [1.807, 2.05) is 41.6 Å². The zero-order valence-corrected chi connectivity index (χ0v) is 17.7.